The minimum absolute atomic E-state index is 0.709. The number of alkyl halides is 1. The molecule has 94 valence electrons. The number of benzene rings is 1. The Morgan fingerprint density at radius 2 is 2.06 bits per heavy atom. The van der Waals surface area contributed by atoms with E-state index in [-0.39, 0.29) is 0 Å². The van der Waals surface area contributed by atoms with Crippen molar-refractivity contribution in [1.82, 2.24) is 4.98 Å². The molecule has 1 aliphatic heterocycles. The number of nitrogens with zero attached hydrogens (tertiary/aromatic N) is 1. The summed E-state index contributed by atoms with van der Waals surface area (Å²) in [6.45, 7) is 1.43. The van der Waals surface area contributed by atoms with Crippen LogP contribution < -0.4 is 9.47 Å². The van der Waals surface area contributed by atoms with Crippen LogP contribution in [0.25, 0.3) is 11.3 Å². The zero-order valence-corrected chi connectivity index (χ0v) is 12.1. The second kappa shape index (κ2) is 5.28. The van der Waals surface area contributed by atoms with E-state index in [9.17, 15) is 0 Å². The summed E-state index contributed by atoms with van der Waals surface area (Å²) in [4.78, 5) is 4.55. The first kappa shape index (κ1) is 12.0. The Kier molecular flexibility index (Phi) is 3.52. The van der Waals surface area contributed by atoms with Gasteiger partial charge in [-0.05, 0) is 18.2 Å². The van der Waals surface area contributed by atoms with Crippen LogP contribution in [0.4, 0.5) is 0 Å². The van der Waals surface area contributed by atoms with Crippen LogP contribution in [0.5, 0.6) is 11.5 Å². The summed E-state index contributed by atoms with van der Waals surface area (Å²) in [6.07, 6.45) is 0.925. The second-order valence-corrected chi connectivity index (χ2v) is 5.48. The lowest BCUT2D eigenvalue weighted by atomic mass is 10.1. The molecule has 1 aromatic carbocycles. The first-order valence-corrected chi connectivity index (χ1v) is 7.77. The zero-order valence-electron chi connectivity index (χ0n) is 9.69. The maximum absolute atomic E-state index is 5.69. The number of halogens is 1. The van der Waals surface area contributed by atoms with Crippen LogP contribution in [-0.2, 0) is 5.33 Å². The minimum Gasteiger partial charge on any atom is -0.490 e. The molecule has 0 spiro atoms. The molecule has 0 bridgehead atoms. The molecule has 0 radical (unpaired) electrons. The van der Waals surface area contributed by atoms with Crippen molar-refractivity contribution in [2.45, 2.75) is 11.8 Å². The summed E-state index contributed by atoms with van der Waals surface area (Å²) in [7, 11) is 0. The van der Waals surface area contributed by atoms with Gasteiger partial charge in [0.1, 0.15) is 5.01 Å². The van der Waals surface area contributed by atoms with Crippen LogP contribution >= 0.6 is 27.3 Å². The van der Waals surface area contributed by atoms with E-state index < -0.39 is 0 Å². The Bertz CT molecular complexity index is 556. The van der Waals surface area contributed by atoms with Gasteiger partial charge in [-0.1, -0.05) is 15.9 Å². The van der Waals surface area contributed by atoms with E-state index in [2.05, 4.69) is 26.3 Å². The van der Waals surface area contributed by atoms with E-state index in [1.165, 1.54) is 0 Å². The largest absolute Gasteiger partial charge is 0.490 e. The van der Waals surface area contributed by atoms with Gasteiger partial charge in [0.2, 0.25) is 0 Å². The summed E-state index contributed by atoms with van der Waals surface area (Å²) < 4.78 is 11.3. The molecular weight excluding hydrogens is 314 g/mol. The summed E-state index contributed by atoms with van der Waals surface area (Å²) in [5.74, 6) is 1.64. The fourth-order valence-electron chi connectivity index (χ4n) is 1.83. The fourth-order valence-corrected chi connectivity index (χ4v) is 3.00. The van der Waals surface area contributed by atoms with Crippen molar-refractivity contribution >= 4 is 27.3 Å². The number of hydrogen-bond acceptors (Lipinski definition) is 4. The Hall–Kier alpha value is -1.07. The normalized spacial score (nSPS) is 14.3. The highest BCUT2D eigenvalue weighted by molar-refractivity contribution is 9.08. The molecule has 5 heteroatoms. The van der Waals surface area contributed by atoms with E-state index in [0.29, 0.717) is 6.61 Å². The molecule has 0 N–H and O–H groups in total. The molecule has 0 aliphatic carbocycles. The average Bonchev–Trinajstić information content (AvgIpc) is 2.76. The average molecular weight is 326 g/mol. The highest BCUT2D eigenvalue weighted by Gasteiger charge is 2.12. The number of aromatic nitrogens is 1. The van der Waals surface area contributed by atoms with Gasteiger partial charge in [0.05, 0.1) is 24.2 Å². The van der Waals surface area contributed by atoms with Gasteiger partial charge in [0.15, 0.2) is 11.5 Å². The quantitative estimate of drug-likeness (QED) is 0.785. The molecule has 1 aliphatic rings. The van der Waals surface area contributed by atoms with Crippen LogP contribution in [0.1, 0.15) is 11.4 Å². The monoisotopic (exact) mass is 325 g/mol. The Labute approximate surface area is 118 Å². The molecule has 0 amide bonds. The van der Waals surface area contributed by atoms with Gasteiger partial charge in [0, 0.05) is 17.4 Å². The standard InChI is InChI=1S/C13H12BrNO2S/c14-7-13-15-10(8-18-13)9-2-3-11-12(6-9)17-5-1-4-16-11/h2-3,6,8H,1,4-5,7H2. The lowest BCUT2D eigenvalue weighted by molar-refractivity contribution is 0.297. The minimum atomic E-state index is 0.709. The lowest BCUT2D eigenvalue weighted by Gasteiger charge is -2.08. The maximum atomic E-state index is 5.69. The van der Waals surface area contributed by atoms with Crippen molar-refractivity contribution in [3.63, 3.8) is 0 Å². The number of thiazole rings is 1. The molecule has 0 fully saturated rings. The Morgan fingerprint density at radius 1 is 1.22 bits per heavy atom. The van der Waals surface area contributed by atoms with E-state index in [1.807, 2.05) is 18.2 Å². The van der Waals surface area contributed by atoms with Crippen LogP contribution in [0.15, 0.2) is 23.6 Å². The van der Waals surface area contributed by atoms with Crippen molar-refractivity contribution in [2.75, 3.05) is 13.2 Å². The van der Waals surface area contributed by atoms with Crippen LogP contribution in [0, 0.1) is 0 Å². The molecule has 2 heterocycles. The molecule has 18 heavy (non-hydrogen) atoms. The molecule has 2 aromatic rings. The third-order valence-corrected chi connectivity index (χ3v) is 4.46. The summed E-state index contributed by atoms with van der Waals surface area (Å²) >= 11 is 5.07. The molecule has 0 saturated heterocycles. The summed E-state index contributed by atoms with van der Waals surface area (Å²) in [5, 5.41) is 3.94. The molecule has 0 atom stereocenters. The van der Waals surface area contributed by atoms with E-state index in [4.69, 9.17) is 9.47 Å². The van der Waals surface area contributed by atoms with Crippen molar-refractivity contribution in [2.24, 2.45) is 0 Å². The van der Waals surface area contributed by atoms with Gasteiger partial charge in [-0.2, -0.15) is 0 Å². The highest BCUT2D eigenvalue weighted by atomic mass is 79.9. The smallest absolute Gasteiger partial charge is 0.161 e. The number of hydrogen-bond donors (Lipinski definition) is 0. The van der Waals surface area contributed by atoms with Gasteiger partial charge in [-0.15, -0.1) is 11.3 Å². The third-order valence-electron chi connectivity index (χ3n) is 2.71. The van der Waals surface area contributed by atoms with Crippen molar-refractivity contribution < 1.29 is 9.47 Å². The van der Waals surface area contributed by atoms with Gasteiger partial charge in [-0.3, -0.25) is 0 Å². The Balaban J connectivity index is 1.95. The number of fused-ring (bicyclic) bond motifs is 1. The maximum Gasteiger partial charge on any atom is 0.161 e. The highest BCUT2D eigenvalue weighted by Crippen LogP contribution is 2.34. The summed E-state index contributed by atoms with van der Waals surface area (Å²) in [6, 6.07) is 6.00. The number of ether oxygens (including phenoxy) is 2. The van der Waals surface area contributed by atoms with Crippen LogP contribution in [0.3, 0.4) is 0 Å². The van der Waals surface area contributed by atoms with Gasteiger partial charge in [0.25, 0.3) is 0 Å². The molecule has 1 aromatic heterocycles. The third kappa shape index (κ3) is 2.37. The van der Waals surface area contributed by atoms with E-state index >= 15 is 0 Å². The lowest BCUT2D eigenvalue weighted by Crippen LogP contribution is -1.97. The molecule has 0 saturated carbocycles. The van der Waals surface area contributed by atoms with Crippen LogP contribution in [-0.4, -0.2) is 18.2 Å². The van der Waals surface area contributed by atoms with Crippen molar-refractivity contribution in [3.8, 4) is 22.8 Å². The van der Waals surface area contributed by atoms with Gasteiger partial charge < -0.3 is 9.47 Å². The molecule has 0 unspecified atom stereocenters. The second-order valence-electron chi connectivity index (χ2n) is 3.97. The van der Waals surface area contributed by atoms with E-state index in [1.54, 1.807) is 11.3 Å². The SMILES string of the molecule is BrCc1nc(-c2ccc3c(c2)OCCCO3)cs1. The van der Waals surface area contributed by atoms with Crippen LogP contribution in [0.2, 0.25) is 0 Å². The molecular formula is C13H12BrNO2S. The topological polar surface area (TPSA) is 31.4 Å². The first-order chi connectivity index (χ1) is 8.86. The van der Waals surface area contributed by atoms with Gasteiger partial charge in [-0.25, -0.2) is 4.98 Å². The predicted octanol–water partition coefficient (Wildman–Crippen LogP) is 3.87. The predicted molar refractivity (Wildman–Crippen MR) is 75.8 cm³/mol. The Morgan fingerprint density at radius 3 is 2.83 bits per heavy atom. The van der Waals surface area contributed by atoms with Crippen molar-refractivity contribution in [1.29, 1.82) is 0 Å². The van der Waals surface area contributed by atoms with E-state index in [0.717, 1.165) is 46.1 Å². The molecule has 3 rings (SSSR count). The van der Waals surface area contributed by atoms with Gasteiger partial charge >= 0.3 is 0 Å². The molecule has 3 nitrogen and oxygen atoms in total. The first-order valence-electron chi connectivity index (χ1n) is 5.77. The fraction of sp³-hybridized carbons (Fsp3) is 0.308. The summed E-state index contributed by atoms with van der Waals surface area (Å²) in [5.41, 5.74) is 2.06. The number of rotatable bonds is 2. The van der Waals surface area contributed by atoms with Crippen molar-refractivity contribution in [3.05, 3.63) is 28.6 Å². The zero-order chi connectivity index (χ0) is 12.4.